The molecule has 7 heteroatoms. The fourth-order valence-corrected chi connectivity index (χ4v) is 3.34. The van der Waals surface area contributed by atoms with Crippen molar-refractivity contribution in [1.29, 1.82) is 0 Å². The monoisotopic (exact) mass is 393 g/mol. The quantitative estimate of drug-likeness (QED) is 0.631. The second-order valence-corrected chi connectivity index (χ2v) is 6.98. The molecule has 0 spiro atoms. The molecule has 2 heterocycles. The molecule has 1 aliphatic rings. The summed E-state index contributed by atoms with van der Waals surface area (Å²) in [4.78, 5) is 24.4. The third-order valence-electron chi connectivity index (χ3n) is 4.89. The number of rotatable bonds is 6. The molecule has 2 amide bonds. The van der Waals surface area contributed by atoms with Gasteiger partial charge in [0.05, 0.1) is 6.10 Å². The van der Waals surface area contributed by atoms with E-state index >= 15 is 0 Å². The fourth-order valence-electron chi connectivity index (χ4n) is 3.34. The predicted molar refractivity (Wildman–Crippen MR) is 108 cm³/mol. The van der Waals surface area contributed by atoms with Crippen LogP contribution in [0.2, 0.25) is 0 Å². The van der Waals surface area contributed by atoms with Crippen molar-refractivity contribution in [3.05, 3.63) is 66.4 Å². The number of fused-ring (bicyclic) bond motifs is 1. The van der Waals surface area contributed by atoms with Gasteiger partial charge in [-0.1, -0.05) is 18.2 Å². The summed E-state index contributed by atoms with van der Waals surface area (Å²) in [6.45, 7) is 1.42. The topological polar surface area (TPSA) is 81.6 Å². The van der Waals surface area contributed by atoms with Crippen LogP contribution < -0.4 is 15.6 Å². The Hall–Kier alpha value is -3.32. The van der Waals surface area contributed by atoms with Crippen molar-refractivity contribution in [1.82, 2.24) is 15.4 Å². The lowest BCUT2D eigenvalue weighted by Crippen LogP contribution is -2.43. The molecule has 7 nitrogen and oxygen atoms in total. The van der Waals surface area contributed by atoms with Gasteiger partial charge in [0.2, 0.25) is 0 Å². The molecule has 1 aliphatic heterocycles. The van der Waals surface area contributed by atoms with Gasteiger partial charge in [0, 0.05) is 23.9 Å². The van der Waals surface area contributed by atoms with Gasteiger partial charge in [-0.15, -0.1) is 0 Å². The number of hydrazine groups is 1. The van der Waals surface area contributed by atoms with Crippen LogP contribution in [0.1, 0.15) is 23.2 Å². The average Bonchev–Trinajstić information content (AvgIpc) is 3.41. The van der Waals surface area contributed by atoms with E-state index in [9.17, 15) is 9.59 Å². The molecule has 29 heavy (non-hydrogen) atoms. The van der Waals surface area contributed by atoms with E-state index in [1.54, 1.807) is 24.3 Å². The lowest BCUT2D eigenvalue weighted by Gasteiger charge is -2.12. The molecule has 1 fully saturated rings. The molecule has 3 aromatic rings. The van der Waals surface area contributed by atoms with Crippen molar-refractivity contribution in [3.63, 3.8) is 0 Å². The Bertz CT molecular complexity index is 991. The van der Waals surface area contributed by atoms with Gasteiger partial charge in [-0.05, 0) is 54.6 Å². The zero-order valence-corrected chi connectivity index (χ0v) is 16.0. The first-order chi connectivity index (χ1) is 14.2. The summed E-state index contributed by atoms with van der Waals surface area (Å²) in [5.41, 5.74) is 6.29. The number of nitrogens with zero attached hydrogens (tertiary/aromatic N) is 1. The van der Waals surface area contributed by atoms with Crippen LogP contribution in [0.15, 0.2) is 60.8 Å². The van der Waals surface area contributed by atoms with Crippen molar-refractivity contribution in [2.24, 2.45) is 0 Å². The van der Waals surface area contributed by atoms with Gasteiger partial charge >= 0.3 is 0 Å². The number of ether oxygens (including phenoxy) is 2. The van der Waals surface area contributed by atoms with Crippen molar-refractivity contribution >= 4 is 22.7 Å². The number of carbonyl (C=O) groups excluding carboxylic acids is 2. The third kappa shape index (κ3) is 4.75. The van der Waals surface area contributed by atoms with Crippen LogP contribution in [-0.2, 0) is 16.1 Å². The lowest BCUT2D eigenvalue weighted by molar-refractivity contribution is -0.122. The fraction of sp³-hybridized carbons (Fsp3) is 0.273. The summed E-state index contributed by atoms with van der Waals surface area (Å²) in [5.74, 6) is -0.0156. The Morgan fingerprint density at radius 1 is 1.07 bits per heavy atom. The van der Waals surface area contributed by atoms with Crippen molar-refractivity contribution < 1.29 is 19.1 Å². The Balaban J connectivity index is 1.26. The van der Waals surface area contributed by atoms with E-state index < -0.39 is 0 Å². The molecular formula is C22H23N3O4. The molecule has 150 valence electrons. The van der Waals surface area contributed by atoms with Gasteiger partial charge in [0.15, 0.2) is 0 Å². The van der Waals surface area contributed by atoms with E-state index in [2.05, 4.69) is 10.9 Å². The predicted octanol–water partition coefficient (Wildman–Crippen LogP) is 2.66. The maximum atomic E-state index is 12.2. The summed E-state index contributed by atoms with van der Waals surface area (Å²) >= 11 is 0. The molecule has 4 rings (SSSR count). The van der Waals surface area contributed by atoms with E-state index in [0.29, 0.717) is 17.9 Å². The van der Waals surface area contributed by atoms with E-state index in [1.165, 1.54) is 0 Å². The van der Waals surface area contributed by atoms with Crippen molar-refractivity contribution in [2.75, 3.05) is 13.2 Å². The molecule has 2 aromatic carbocycles. The average molecular weight is 393 g/mol. The van der Waals surface area contributed by atoms with E-state index in [1.807, 2.05) is 41.1 Å². The van der Waals surface area contributed by atoms with E-state index in [0.717, 1.165) is 30.4 Å². The highest BCUT2D eigenvalue weighted by atomic mass is 16.5. The molecule has 1 atom stereocenters. The van der Waals surface area contributed by atoms with Crippen LogP contribution in [0.3, 0.4) is 0 Å². The second kappa shape index (κ2) is 8.79. The van der Waals surface area contributed by atoms with Crippen LogP contribution in [0, 0.1) is 0 Å². The Morgan fingerprint density at radius 3 is 2.69 bits per heavy atom. The van der Waals surface area contributed by atoms with Gasteiger partial charge in [-0.3, -0.25) is 20.4 Å². The van der Waals surface area contributed by atoms with Crippen LogP contribution >= 0.6 is 0 Å². The first-order valence-corrected chi connectivity index (χ1v) is 9.66. The first kappa shape index (κ1) is 19.0. The van der Waals surface area contributed by atoms with E-state index in [4.69, 9.17) is 9.47 Å². The first-order valence-electron chi connectivity index (χ1n) is 9.66. The largest absolute Gasteiger partial charge is 0.491 e. The summed E-state index contributed by atoms with van der Waals surface area (Å²) in [6, 6.07) is 16.5. The molecular weight excluding hydrogens is 370 g/mol. The number of nitrogens with one attached hydrogen (secondary N) is 2. The maximum Gasteiger partial charge on any atom is 0.269 e. The van der Waals surface area contributed by atoms with Gasteiger partial charge in [0.1, 0.15) is 18.9 Å². The number of hydrogen-bond donors (Lipinski definition) is 2. The van der Waals surface area contributed by atoms with Crippen molar-refractivity contribution in [2.45, 2.75) is 25.5 Å². The molecule has 1 saturated heterocycles. The maximum absolute atomic E-state index is 12.2. The smallest absolute Gasteiger partial charge is 0.269 e. The second-order valence-electron chi connectivity index (χ2n) is 6.98. The summed E-state index contributed by atoms with van der Waals surface area (Å²) in [7, 11) is 0. The van der Waals surface area contributed by atoms with Crippen LogP contribution in [0.4, 0.5) is 0 Å². The Kier molecular flexibility index (Phi) is 5.76. The molecule has 0 radical (unpaired) electrons. The number of hydrogen-bond acceptors (Lipinski definition) is 4. The Labute approximate surface area is 168 Å². The van der Waals surface area contributed by atoms with Gasteiger partial charge in [-0.2, -0.15) is 0 Å². The van der Waals surface area contributed by atoms with Gasteiger partial charge < -0.3 is 14.0 Å². The third-order valence-corrected chi connectivity index (χ3v) is 4.89. The minimum Gasteiger partial charge on any atom is -0.491 e. The molecule has 0 saturated carbocycles. The Morgan fingerprint density at radius 2 is 1.90 bits per heavy atom. The lowest BCUT2D eigenvalue weighted by atomic mass is 10.2. The molecule has 0 bridgehead atoms. The van der Waals surface area contributed by atoms with Crippen molar-refractivity contribution in [3.8, 4) is 5.75 Å². The highest BCUT2D eigenvalue weighted by molar-refractivity contribution is 5.95. The normalized spacial score (nSPS) is 15.9. The minimum absolute atomic E-state index is 0.115. The van der Waals surface area contributed by atoms with Crippen LogP contribution in [0.25, 0.3) is 10.9 Å². The number of carbonyl (C=O) groups is 2. The summed E-state index contributed by atoms with van der Waals surface area (Å²) in [5, 5.41) is 1.06. The number of benzene rings is 2. The summed E-state index contributed by atoms with van der Waals surface area (Å²) in [6.07, 6.45) is 4.07. The van der Waals surface area contributed by atoms with E-state index in [-0.39, 0.29) is 24.5 Å². The molecule has 2 N–H and O–H groups in total. The van der Waals surface area contributed by atoms with Gasteiger partial charge in [0.25, 0.3) is 11.8 Å². The van der Waals surface area contributed by atoms with Crippen LogP contribution in [0.5, 0.6) is 5.75 Å². The standard InChI is InChI=1S/C22H23N3O4/c26-21(14-25-12-11-16-4-1-2-6-20(16)25)23-24-22(27)17-7-9-18(10-8-17)29-15-19-5-3-13-28-19/h1-2,4,6-12,19H,3,5,13-15H2,(H,23,26)(H,24,27)/t19-/m0/s1. The molecule has 1 aromatic heterocycles. The molecule has 0 aliphatic carbocycles. The molecule has 0 unspecified atom stereocenters. The zero-order valence-electron chi connectivity index (χ0n) is 16.0. The SMILES string of the molecule is O=C(Cn1ccc2ccccc21)NNC(=O)c1ccc(OC[C@@H]2CCCO2)cc1. The number of amides is 2. The highest BCUT2D eigenvalue weighted by Crippen LogP contribution is 2.17. The zero-order chi connectivity index (χ0) is 20.1. The number of aromatic nitrogens is 1. The number of para-hydroxylation sites is 1. The van der Waals surface area contributed by atoms with Crippen LogP contribution in [-0.4, -0.2) is 35.7 Å². The summed E-state index contributed by atoms with van der Waals surface area (Å²) < 4.78 is 13.0. The van der Waals surface area contributed by atoms with Gasteiger partial charge in [-0.25, -0.2) is 0 Å². The highest BCUT2D eigenvalue weighted by Gasteiger charge is 2.16. The minimum atomic E-state index is -0.388.